The number of hydrogen-bond acceptors (Lipinski definition) is 3. The molecule has 0 aliphatic carbocycles. The van der Waals surface area contributed by atoms with Gasteiger partial charge in [0.2, 0.25) is 0 Å². The molecule has 0 aromatic heterocycles. The Labute approximate surface area is 91.2 Å². The minimum absolute atomic E-state index is 0.550. The number of rotatable bonds is 7. The third-order valence-electron chi connectivity index (χ3n) is 2.10. The summed E-state index contributed by atoms with van der Waals surface area (Å²) in [5.41, 5.74) is 6.65. The van der Waals surface area contributed by atoms with Crippen molar-refractivity contribution in [3.8, 4) is 5.75 Å². The highest BCUT2D eigenvalue weighted by Crippen LogP contribution is 2.14. The van der Waals surface area contributed by atoms with Crippen LogP contribution in [-0.2, 0) is 11.2 Å². The molecule has 0 saturated heterocycles. The van der Waals surface area contributed by atoms with Gasteiger partial charge in [-0.2, -0.15) is 0 Å². The Morgan fingerprint density at radius 1 is 1.27 bits per heavy atom. The van der Waals surface area contributed by atoms with E-state index in [9.17, 15) is 0 Å². The van der Waals surface area contributed by atoms with Crippen LogP contribution in [0.5, 0.6) is 5.75 Å². The zero-order valence-corrected chi connectivity index (χ0v) is 9.24. The molecule has 0 spiro atoms. The highest BCUT2D eigenvalue weighted by molar-refractivity contribution is 5.28. The Hall–Kier alpha value is -1.06. The van der Waals surface area contributed by atoms with Crippen molar-refractivity contribution in [2.45, 2.75) is 12.8 Å². The van der Waals surface area contributed by atoms with Gasteiger partial charge in [0.25, 0.3) is 0 Å². The fourth-order valence-electron chi connectivity index (χ4n) is 1.39. The van der Waals surface area contributed by atoms with Gasteiger partial charge in [-0.25, -0.2) is 0 Å². The SMILES string of the molecule is COCCCc1cccc(OCCN)c1. The standard InChI is InChI=1S/C12H19NO2/c1-14-8-3-5-11-4-2-6-12(10-11)15-9-7-13/h2,4,6,10H,3,5,7-9,13H2,1H3. The zero-order valence-electron chi connectivity index (χ0n) is 9.24. The molecule has 0 fully saturated rings. The quantitative estimate of drug-likeness (QED) is 0.694. The van der Waals surface area contributed by atoms with Gasteiger partial charge in [0.1, 0.15) is 12.4 Å². The molecule has 1 aromatic rings. The Balaban J connectivity index is 2.42. The first-order valence-corrected chi connectivity index (χ1v) is 5.27. The summed E-state index contributed by atoms with van der Waals surface area (Å²) in [5, 5.41) is 0. The maximum absolute atomic E-state index is 5.45. The van der Waals surface area contributed by atoms with E-state index in [-0.39, 0.29) is 0 Å². The van der Waals surface area contributed by atoms with Gasteiger partial charge in [0, 0.05) is 20.3 Å². The van der Waals surface area contributed by atoms with Gasteiger partial charge in [0.15, 0.2) is 0 Å². The minimum atomic E-state index is 0.550. The van der Waals surface area contributed by atoms with E-state index in [1.54, 1.807) is 7.11 Å². The van der Waals surface area contributed by atoms with Crippen LogP contribution in [0, 0.1) is 0 Å². The maximum atomic E-state index is 5.45. The molecule has 0 unspecified atom stereocenters. The van der Waals surface area contributed by atoms with E-state index >= 15 is 0 Å². The van der Waals surface area contributed by atoms with Crippen molar-refractivity contribution >= 4 is 0 Å². The predicted molar refractivity (Wildman–Crippen MR) is 61.2 cm³/mol. The Morgan fingerprint density at radius 3 is 2.87 bits per heavy atom. The molecule has 0 atom stereocenters. The van der Waals surface area contributed by atoms with Crippen LogP contribution in [-0.4, -0.2) is 26.9 Å². The van der Waals surface area contributed by atoms with Gasteiger partial charge in [-0.05, 0) is 30.5 Å². The molecule has 84 valence electrons. The van der Waals surface area contributed by atoms with Crippen molar-refractivity contribution in [1.82, 2.24) is 0 Å². The lowest BCUT2D eigenvalue weighted by Crippen LogP contribution is -2.10. The molecule has 0 heterocycles. The van der Waals surface area contributed by atoms with Crippen molar-refractivity contribution < 1.29 is 9.47 Å². The highest BCUT2D eigenvalue weighted by Gasteiger charge is 1.96. The van der Waals surface area contributed by atoms with Crippen LogP contribution >= 0.6 is 0 Å². The fourth-order valence-corrected chi connectivity index (χ4v) is 1.39. The topological polar surface area (TPSA) is 44.5 Å². The number of methoxy groups -OCH3 is 1. The van der Waals surface area contributed by atoms with Crippen LogP contribution in [0.2, 0.25) is 0 Å². The molecule has 1 rings (SSSR count). The van der Waals surface area contributed by atoms with Crippen LogP contribution in [0.3, 0.4) is 0 Å². The third kappa shape index (κ3) is 4.81. The highest BCUT2D eigenvalue weighted by atomic mass is 16.5. The summed E-state index contributed by atoms with van der Waals surface area (Å²) in [4.78, 5) is 0. The summed E-state index contributed by atoms with van der Waals surface area (Å²) in [5.74, 6) is 0.898. The summed E-state index contributed by atoms with van der Waals surface area (Å²) in [7, 11) is 1.72. The number of nitrogens with two attached hydrogens (primary N) is 1. The Kier molecular flexibility index (Phi) is 5.81. The average Bonchev–Trinajstić information content (AvgIpc) is 2.27. The number of ether oxygens (including phenoxy) is 2. The summed E-state index contributed by atoms with van der Waals surface area (Å²) in [6.07, 6.45) is 2.06. The van der Waals surface area contributed by atoms with Crippen LogP contribution in [0.25, 0.3) is 0 Å². The first-order valence-electron chi connectivity index (χ1n) is 5.27. The lowest BCUT2D eigenvalue weighted by atomic mass is 10.1. The van der Waals surface area contributed by atoms with E-state index in [0.717, 1.165) is 25.2 Å². The predicted octanol–water partition coefficient (Wildman–Crippen LogP) is 1.60. The van der Waals surface area contributed by atoms with Crippen molar-refractivity contribution in [3.05, 3.63) is 29.8 Å². The molecular weight excluding hydrogens is 190 g/mol. The first kappa shape index (κ1) is 12.0. The zero-order chi connectivity index (χ0) is 10.9. The second kappa shape index (κ2) is 7.26. The molecule has 3 nitrogen and oxygen atoms in total. The van der Waals surface area contributed by atoms with Crippen molar-refractivity contribution in [2.75, 3.05) is 26.9 Å². The molecule has 0 aliphatic heterocycles. The van der Waals surface area contributed by atoms with Gasteiger partial charge >= 0.3 is 0 Å². The molecule has 3 heteroatoms. The molecule has 0 radical (unpaired) electrons. The molecule has 0 amide bonds. The Morgan fingerprint density at radius 2 is 2.13 bits per heavy atom. The number of hydrogen-bond donors (Lipinski definition) is 1. The van der Waals surface area contributed by atoms with Gasteiger partial charge < -0.3 is 15.2 Å². The second-order valence-electron chi connectivity index (χ2n) is 3.38. The monoisotopic (exact) mass is 209 g/mol. The average molecular weight is 209 g/mol. The molecule has 1 aromatic carbocycles. The van der Waals surface area contributed by atoms with Gasteiger partial charge in [0.05, 0.1) is 0 Å². The fraction of sp³-hybridized carbons (Fsp3) is 0.500. The number of aryl methyl sites for hydroxylation is 1. The first-order chi connectivity index (χ1) is 7.36. The van der Waals surface area contributed by atoms with Crippen LogP contribution in [0.4, 0.5) is 0 Å². The van der Waals surface area contributed by atoms with E-state index in [4.69, 9.17) is 15.2 Å². The molecule has 2 N–H and O–H groups in total. The lowest BCUT2D eigenvalue weighted by Gasteiger charge is -2.06. The van der Waals surface area contributed by atoms with Crippen LogP contribution in [0.1, 0.15) is 12.0 Å². The van der Waals surface area contributed by atoms with Gasteiger partial charge in [-0.1, -0.05) is 12.1 Å². The van der Waals surface area contributed by atoms with E-state index in [2.05, 4.69) is 12.1 Å². The molecule has 0 saturated carbocycles. The van der Waals surface area contributed by atoms with Crippen molar-refractivity contribution in [2.24, 2.45) is 5.73 Å². The molecular formula is C12H19NO2. The van der Waals surface area contributed by atoms with E-state index in [0.29, 0.717) is 13.2 Å². The molecule has 0 bridgehead atoms. The summed E-state index contributed by atoms with van der Waals surface area (Å²) in [6.45, 7) is 1.92. The van der Waals surface area contributed by atoms with Crippen LogP contribution in [0.15, 0.2) is 24.3 Å². The normalized spacial score (nSPS) is 10.3. The van der Waals surface area contributed by atoms with Crippen LogP contribution < -0.4 is 10.5 Å². The van der Waals surface area contributed by atoms with Crippen molar-refractivity contribution in [1.29, 1.82) is 0 Å². The largest absolute Gasteiger partial charge is 0.492 e. The lowest BCUT2D eigenvalue weighted by molar-refractivity contribution is 0.195. The van der Waals surface area contributed by atoms with E-state index < -0.39 is 0 Å². The summed E-state index contributed by atoms with van der Waals surface area (Å²) < 4.78 is 10.5. The van der Waals surface area contributed by atoms with Gasteiger partial charge in [-0.3, -0.25) is 0 Å². The summed E-state index contributed by atoms with van der Waals surface area (Å²) in [6, 6.07) is 8.12. The minimum Gasteiger partial charge on any atom is -0.492 e. The molecule has 15 heavy (non-hydrogen) atoms. The van der Waals surface area contributed by atoms with Crippen molar-refractivity contribution in [3.63, 3.8) is 0 Å². The smallest absolute Gasteiger partial charge is 0.119 e. The Bertz CT molecular complexity index is 276. The summed E-state index contributed by atoms with van der Waals surface area (Å²) >= 11 is 0. The number of benzene rings is 1. The molecule has 0 aliphatic rings. The van der Waals surface area contributed by atoms with Gasteiger partial charge in [-0.15, -0.1) is 0 Å². The van der Waals surface area contributed by atoms with E-state index in [1.807, 2.05) is 12.1 Å². The van der Waals surface area contributed by atoms with E-state index in [1.165, 1.54) is 5.56 Å². The maximum Gasteiger partial charge on any atom is 0.119 e. The second-order valence-corrected chi connectivity index (χ2v) is 3.38. The third-order valence-corrected chi connectivity index (χ3v) is 2.10.